The SMILES string of the molecule is Cc1ccc(N2C(=O)N(CN3CCc4sccc4[C@@H]3C)C(=O)[C@@H]2C)cc1. The highest BCUT2D eigenvalue weighted by Gasteiger charge is 2.44. The molecule has 0 saturated carbocycles. The maximum atomic E-state index is 13.0. The number of fused-ring (bicyclic) bond motifs is 1. The van der Waals surface area contributed by atoms with Gasteiger partial charge in [-0.05, 0) is 56.3 Å². The number of benzene rings is 1. The number of imide groups is 1. The van der Waals surface area contributed by atoms with Crippen molar-refractivity contribution in [2.75, 3.05) is 18.1 Å². The van der Waals surface area contributed by atoms with Crippen molar-refractivity contribution in [3.8, 4) is 0 Å². The summed E-state index contributed by atoms with van der Waals surface area (Å²) in [6.45, 7) is 7.17. The predicted octanol–water partition coefficient (Wildman–Crippen LogP) is 3.79. The normalized spacial score (nSPS) is 23.7. The van der Waals surface area contributed by atoms with Gasteiger partial charge in [0.25, 0.3) is 5.91 Å². The van der Waals surface area contributed by atoms with Gasteiger partial charge in [-0.1, -0.05) is 17.7 Å². The third-order valence-corrected chi connectivity index (χ3v) is 6.48. The van der Waals surface area contributed by atoms with Crippen molar-refractivity contribution in [2.24, 2.45) is 0 Å². The lowest BCUT2D eigenvalue weighted by atomic mass is 10.0. The number of carbonyl (C=O) groups excluding carboxylic acids is 2. The lowest BCUT2D eigenvalue weighted by Gasteiger charge is -2.35. The summed E-state index contributed by atoms with van der Waals surface area (Å²) in [6.07, 6.45) is 0.977. The zero-order valence-corrected chi connectivity index (χ0v) is 16.1. The molecule has 1 saturated heterocycles. The second-order valence-corrected chi connectivity index (χ2v) is 8.11. The van der Waals surface area contributed by atoms with Crippen molar-refractivity contribution in [3.05, 3.63) is 51.7 Å². The Labute approximate surface area is 157 Å². The first-order valence-corrected chi connectivity index (χ1v) is 9.87. The van der Waals surface area contributed by atoms with Gasteiger partial charge in [0, 0.05) is 23.2 Å². The first-order chi connectivity index (χ1) is 12.5. The van der Waals surface area contributed by atoms with Gasteiger partial charge in [-0.3, -0.25) is 14.6 Å². The van der Waals surface area contributed by atoms with Crippen LogP contribution in [0, 0.1) is 6.92 Å². The second-order valence-electron chi connectivity index (χ2n) is 7.11. The highest BCUT2D eigenvalue weighted by Crippen LogP contribution is 2.34. The molecule has 4 rings (SSSR count). The predicted molar refractivity (Wildman–Crippen MR) is 103 cm³/mol. The molecule has 0 unspecified atom stereocenters. The van der Waals surface area contributed by atoms with Crippen LogP contribution in [0.25, 0.3) is 0 Å². The summed E-state index contributed by atoms with van der Waals surface area (Å²) >= 11 is 1.79. The molecule has 0 radical (unpaired) electrons. The summed E-state index contributed by atoms with van der Waals surface area (Å²) < 4.78 is 0. The van der Waals surface area contributed by atoms with E-state index in [4.69, 9.17) is 0 Å². The van der Waals surface area contributed by atoms with E-state index in [2.05, 4.69) is 23.3 Å². The average molecular weight is 369 g/mol. The van der Waals surface area contributed by atoms with Gasteiger partial charge in [0.1, 0.15) is 6.04 Å². The van der Waals surface area contributed by atoms with Crippen LogP contribution in [-0.2, 0) is 11.2 Å². The Balaban J connectivity index is 1.55. The number of urea groups is 1. The third-order valence-electron chi connectivity index (χ3n) is 5.49. The van der Waals surface area contributed by atoms with Crippen LogP contribution in [-0.4, -0.2) is 41.0 Å². The van der Waals surface area contributed by atoms with Crippen LogP contribution in [0.1, 0.15) is 35.9 Å². The minimum absolute atomic E-state index is 0.126. The minimum atomic E-state index is -0.470. The topological polar surface area (TPSA) is 43.9 Å². The summed E-state index contributed by atoms with van der Waals surface area (Å²) in [5, 5.41) is 2.12. The smallest absolute Gasteiger partial charge is 0.282 e. The Morgan fingerprint density at radius 2 is 1.81 bits per heavy atom. The number of rotatable bonds is 3. The molecule has 2 aromatic rings. The Bertz CT molecular complexity index is 845. The molecule has 6 heteroatoms. The van der Waals surface area contributed by atoms with Crippen LogP contribution in [0.15, 0.2) is 35.7 Å². The molecule has 5 nitrogen and oxygen atoms in total. The lowest BCUT2D eigenvalue weighted by Crippen LogP contribution is -2.45. The molecule has 2 aliphatic heterocycles. The fourth-order valence-electron chi connectivity index (χ4n) is 3.83. The van der Waals surface area contributed by atoms with Gasteiger partial charge in [-0.2, -0.15) is 0 Å². The molecule has 1 aromatic carbocycles. The fourth-order valence-corrected chi connectivity index (χ4v) is 4.79. The van der Waals surface area contributed by atoms with E-state index in [1.165, 1.54) is 15.3 Å². The van der Waals surface area contributed by atoms with E-state index in [0.29, 0.717) is 6.67 Å². The van der Waals surface area contributed by atoms with Gasteiger partial charge in [-0.25, -0.2) is 9.69 Å². The van der Waals surface area contributed by atoms with Crippen molar-refractivity contribution in [1.82, 2.24) is 9.80 Å². The van der Waals surface area contributed by atoms with E-state index < -0.39 is 6.04 Å². The molecular formula is C20H23N3O2S. The summed E-state index contributed by atoms with van der Waals surface area (Å²) in [7, 11) is 0. The van der Waals surface area contributed by atoms with Crippen LogP contribution in [0.4, 0.5) is 10.5 Å². The molecule has 3 amide bonds. The fraction of sp³-hybridized carbons (Fsp3) is 0.400. The first-order valence-electron chi connectivity index (χ1n) is 8.99. The number of carbonyl (C=O) groups is 2. The van der Waals surface area contributed by atoms with E-state index in [1.54, 1.807) is 23.2 Å². The largest absolute Gasteiger partial charge is 0.333 e. The monoisotopic (exact) mass is 369 g/mol. The van der Waals surface area contributed by atoms with Gasteiger partial charge in [0.15, 0.2) is 0 Å². The number of anilines is 1. The van der Waals surface area contributed by atoms with Gasteiger partial charge in [0.2, 0.25) is 0 Å². The zero-order valence-electron chi connectivity index (χ0n) is 15.3. The molecular weight excluding hydrogens is 346 g/mol. The van der Waals surface area contributed by atoms with E-state index in [9.17, 15) is 9.59 Å². The Morgan fingerprint density at radius 1 is 1.08 bits per heavy atom. The number of hydrogen-bond acceptors (Lipinski definition) is 4. The molecule has 0 bridgehead atoms. The second kappa shape index (κ2) is 6.52. The summed E-state index contributed by atoms with van der Waals surface area (Å²) in [5.41, 5.74) is 3.23. The van der Waals surface area contributed by atoms with Crippen LogP contribution in [0.3, 0.4) is 0 Å². The molecule has 1 fully saturated rings. The summed E-state index contributed by atoms with van der Waals surface area (Å²) in [4.78, 5) is 32.4. The van der Waals surface area contributed by atoms with Crippen LogP contribution < -0.4 is 4.90 Å². The number of hydrogen-bond donors (Lipinski definition) is 0. The number of amides is 3. The van der Waals surface area contributed by atoms with Crippen molar-refractivity contribution in [3.63, 3.8) is 0 Å². The molecule has 0 aliphatic carbocycles. The van der Waals surface area contributed by atoms with Crippen molar-refractivity contribution < 1.29 is 9.59 Å². The zero-order chi connectivity index (χ0) is 18.4. The Hall–Kier alpha value is -2.18. The number of thiophene rings is 1. The molecule has 0 spiro atoms. The maximum absolute atomic E-state index is 13.0. The third kappa shape index (κ3) is 2.73. The molecule has 1 aromatic heterocycles. The standard InChI is InChI=1S/C20H23N3O2S/c1-13-4-6-16(7-5-13)23-15(3)19(24)22(20(23)25)12-21-10-8-18-17(14(21)2)9-11-26-18/h4-7,9,11,14-15H,8,10,12H2,1-3H3/t14-,15-/m0/s1. The van der Waals surface area contributed by atoms with E-state index >= 15 is 0 Å². The maximum Gasteiger partial charge on any atom is 0.333 e. The Morgan fingerprint density at radius 3 is 2.54 bits per heavy atom. The van der Waals surface area contributed by atoms with Gasteiger partial charge < -0.3 is 0 Å². The van der Waals surface area contributed by atoms with Crippen molar-refractivity contribution in [2.45, 2.75) is 39.3 Å². The van der Waals surface area contributed by atoms with Crippen LogP contribution >= 0.6 is 11.3 Å². The van der Waals surface area contributed by atoms with Crippen molar-refractivity contribution >= 4 is 29.0 Å². The molecule has 2 atom stereocenters. The molecule has 2 aliphatic rings. The Kier molecular flexibility index (Phi) is 4.32. The number of aryl methyl sites for hydroxylation is 1. The van der Waals surface area contributed by atoms with Gasteiger partial charge >= 0.3 is 6.03 Å². The highest BCUT2D eigenvalue weighted by molar-refractivity contribution is 7.10. The number of nitrogens with zero attached hydrogens (tertiary/aromatic N) is 3. The molecule has 136 valence electrons. The molecule has 26 heavy (non-hydrogen) atoms. The lowest BCUT2D eigenvalue weighted by molar-refractivity contribution is -0.128. The average Bonchev–Trinajstić information content (AvgIpc) is 3.18. The minimum Gasteiger partial charge on any atom is -0.282 e. The quantitative estimate of drug-likeness (QED) is 0.773. The summed E-state index contributed by atoms with van der Waals surface area (Å²) in [6, 6.07) is 9.42. The van der Waals surface area contributed by atoms with Crippen LogP contribution in [0.2, 0.25) is 0 Å². The van der Waals surface area contributed by atoms with Gasteiger partial charge in [-0.15, -0.1) is 11.3 Å². The first kappa shape index (κ1) is 17.2. The molecule has 0 N–H and O–H groups in total. The van der Waals surface area contributed by atoms with Crippen LogP contribution in [0.5, 0.6) is 0 Å². The van der Waals surface area contributed by atoms with E-state index in [0.717, 1.165) is 24.2 Å². The van der Waals surface area contributed by atoms with E-state index in [-0.39, 0.29) is 18.0 Å². The van der Waals surface area contributed by atoms with Crippen molar-refractivity contribution in [1.29, 1.82) is 0 Å². The highest BCUT2D eigenvalue weighted by atomic mass is 32.1. The van der Waals surface area contributed by atoms with E-state index in [1.807, 2.05) is 31.2 Å². The van der Waals surface area contributed by atoms with Gasteiger partial charge in [0.05, 0.1) is 6.67 Å². The summed E-state index contributed by atoms with van der Waals surface area (Å²) in [5.74, 6) is -0.126. The molecule has 3 heterocycles.